The van der Waals surface area contributed by atoms with Gasteiger partial charge in [-0.2, -0.15) is 0 Å². The molecule has 0 aromatic rings. The highest BCUT2D eigenvalue weighted by atomic mass is 33.1. The highest BCUT2D eigenvalue weighted by Gasteiger charge is 2.25. The smallest absolute Gasteiger partial charge is 0.198 e. The fourth-order valence-corrected chi connectivity index (χ4v) is 5.76. The van der Waals surface area contributed by atoms with Crippen LogP contribution in [0.25, 0.3) is 0 Å². The summed E-state index contributed by atoms with van der Waals surface area (Å²) in [5, 5.41) is 0. The third kappa shape index (κ3) is 16.9. The fraction of sp³-hybridized carbons (Fsp3) is 1.00. The fourth-order valence-electron chi connectivity index (χ4n) is 3.88. The normalized spacial score (nSPS) is 12.6. The van der Waals surface area contributed by atoms with E-state index in [-0.39, 0.29) is 0 Å². The zero-order chi connectivity index (χ0) is 20.4. The first-order valence-corrected chi connectivity index (χ1v) is 15.0. The molecule has 0 saturated carbocycles. The Hall–Kier alpha value is 0.260. The van der Waals surface area contributed by atoms with E-state index in [0.717, 1.165) is 23.0 Å². The number of quaternary nitrogens is 1. The summed E-state index contributed by atoms with van der Waals surface area (Å²) in [5.74, 6) is 0.752. The monoisotopic (exact) mass is 422 g/mol. The molecule has 3 nitrogen and oxygen atoms in total. The van der Waals surface area contributed by atoms with Gasteiger partial charge in [-0.25, -0.2) is 8.42 Å². The Bertz CT molecular complexity index is 397. The quantitative estimate of drug-likeness (QED) is 0.125. The average molecular weight is 423 g/mol. The SMILES string of the molecule is CCCCC[N+](CCCCC)(CCCCC)CCCCCCSS(C)(=O)=O. The Labute approximate surface area is 175 Å². The molecule has 0 saturated heterocycles. The van der Waals surface area contributed by atoms with Crippen molar-refractivity contribution in [2.24, 2.45) is 0 Å². The number of hydrogen-bond donors (Lipinski definition) is 0. The number of rotatable bonds is 20. The second-order valence-corrected chi connectivity index (χ2v) is 12.9. The summed E-state index contributed by atoms with van der Waals surface area (Å²) in [6, 6.07) is 0. The van der Waals surface area contributed by atoms with Gasteiger partial charge >= 0.3 is 0 Å². The van der Waals surface area contributed by atoms with Crippen LogP contribution in [0.15, 0.2) is 0 Å². The highest BCUT2D eigenvalue weighted by Crippen LogP contribution is 2.19. The summed E-state index contributed by atoms with van der Waals surface area (Å²) in [4.78, 5) is 0. The van der Waals surface area contributed by atoms with Gasteiger partial charge in [0.05, 0.1) is 26.2 Å². The van der Waals surface area contributed by atoms with Crippen LogP contribution in [-0.2, 0) is 8.87 Å². The number of unbranched alkanes of at least 4 members (excludes halogenated alkanes) is 9. The van der Waals surface area contributed by atoms with Crippen molar-refractivity contribution in [2.45, 2.75) is 104 Å². The largest absolute Gasteiger partial charge is 0.324 e. The van der Waals surface area contributed by atoms with Gasteiger partial charge in [0.2, 0.25) is 0 Å². The Morgan fingerprint density at radius 1 is 0.593 bits per heavy atom. The molecular formula is C22H48NO2S2+. The Kier molecular flexibility index (Phi) is 17.3. The molecule has 0 aromatic carbocycles. The standard InChI is InChI=1S/C22H48NO2S2/c1-5-8-13-18-23(19-14-9-6-2,20-15-10-7-3)21-16-11-12-17-22-26-27(4,24)25/h5-22H2,1-4H3/q+1. The van der Waals surface area contributed by atoms with E-state index >= 15 is 0 Å². The van der Waals surface area contributed by atoms with Crippen molar-refractivity contribution in [1.82, 2.24) is 0 Å². The Morgan fingerprint density at radius 3 is 1.33 bits per heavy atom. The van der Waals surface area contributed by atoms with Gasteiger partial charge < -0.3 is 4.48 Å². The second kappa shape index (κ2) is 17.1. The molecule has 0 N–H and O–H groups in total. The molecule has 0 rings (SSSR count). The van der Waals surface area contributed by atoms with Crippen LogP contribution in [0.4, 0.5) is 0 Å². The molecule has 0 spiro atoms. The van der Waals surface area contributed by atoms with Gasteiger partial charge in [-0.1, -0.05) is 46.5 Å². The van der Waals surface area contributed by atoms with Crippen molar-refractivity contribution < 1.29 is 12.9 Å². The molecule has 0 atom stereocenters. The summed E-state index contributed by atoms with van der Waals surface area (Å²) in [6.07, 6.45) is 18.2. The van der Waals surface area contributed by atoms with Crippen molar-refractivity contribution >= 4 is 19.7 Å². The predicted molar refractivity (Wildman–Crippen MR) is 124 cm³/mol. The van der Waals surface area contributed by atoms with E-state index in [0.29, 0.717) is 0 Å². The lowest BCUT2D eigenvalue weighted by Crippen LogP contribution is -2.50. The highest BCUT2D eigenvalue weighted by molar-refractivity contribution is 8.71. The summed E-state index contributed by atoms with van der Waals surface area (Å²) in [7, 11) is -1.76. The average Bonchev–Trinajstić information content (AvgIpc) is 2.60. The third-order valence-electron chi connectivity index (χ3n) is 5.53. The third-order valence-corrected chi connectivity index (χ3v) is 8.20. The first-order valence-electron chi connectivity index (χ1n) is 11.6. The lowest BCUT2D eigenvalue weighted by Gasteiger charge is -2.39. The van der Waals surface area contributed by atoms with Gasteiger partial charge in [-0.3, -0.25) is 0 Å². The van der Waals surface area contributed by atoms with Crippen LogP contribution in [0.5, 0.6) is 0 Å². The summed E-state index contributed by atoms with van der Waals surface area (Å²) in [6.45, 7) is 12.3. The van der Waals surface area contributed by atoms with E-state index in [9.17, 15) is 8.42 Å². The molecule has 0 radical (unpaired) electrons. The zero-order valence-electron chi connectivity index (χ0n) is 18.8. The van der Waals surface area contributed by atoms with E-state index in [1.807, 2.05) is 0 Å². The molecular weight excluding hydrogens is 374 g/mol. The molecule has 0 aliphatic rings. The van der Waals surface area contributed by atoms with Crippen molar-refractivity contribution in [1.29, 1.82) is 0 Å². The summed E-state index contributed by atoms with van der Waals surface area (Å²) >= 11 is 0. The van der Waals surface area contributed by atoms with Gasteiger partial charge in [-0.15, -0.1) is 0 Å². The van der Waals surface area contributed by atoms with Gasteiger partial charge in [0.15, 0.2) is 8.87 Å². The molecule has 5 heteroatoms. The second-order valence-electron chi connectivity index (χ2n) is 8.30. The molecule has 0 aliphatic carbocycles. The van der Waals surface area contributed by atoms with Crippen molar-refractivity contribution in [3.8, 4) is 0 Å². The number of hydrogen-bond acceptors (Lipinski definition) is 3. The van der Waals surface area contributed by atoms with Crippen molar-refractivity contribution in [3.05, 3.63) is 0 Å². The maximum atomic E-state index is 11.2. The topological polar surface area (TPSA) is 34.1 Å². The first-order chi connectivity index (χ1) is 12.9. The van der Waals surface area contributed by atoms with E-state index in [2.05, 4.69) is 20.8 Å². The van der Waals surface area contributed by atoms with E-state index in [1.165, 1.54) is 114 Å². The molecule has 27 heavy (non-hydrogen) atoms. The van der Waals surface area contributed by atoms with E-state index < -0.39 is 8.87 Å². The number of nitrogens with zero attached hydrogens (tertiary/aromatic N) is 1. The molecule has 0 bridgehead atoms. The first kappa shape index (κ1) is 27.3. The van der Waals surface area contributed by atoms with Crippen LogP contribution < -0.4 is 0 Å². The van der Waals surface area contributed by atoms with Crippen molar-refractivity contribution in [2.75, 3.05) is 38.2 Å². The molecule has 0 fully saturated rings. The molecule has 0 unspecified atom stereocenters. The van der Waals surface area contributed by atoms with Crippen LogP contribution in [-0.4, -0.2) is 51.1 Å². The van der Waals surface area contributed by atoms with Crippen molar-refractivity contribution in [3.63, 3.8) is 0 Å². The molecule has 164 valence electrons. The lowest BCUT2D eigenvalue weighted by atomic mass is 10.1. The molecule has 0 amide bonds. The zero-order valence-corrected chi connectivity index (χ0v) is 20.4. The molecule has 0 aliphatic heterocycles. The van der Waals surface area contributed by atoms with E-state index in [4.69, 9.17) is 0 Å². The predicted octanol–water partition coefficient (Wildman–Crippen LogP) is 6.63. The summed E-state index contributed by atoms with van der Waals surface area (Å²) in [5.41, 5.74) is 0. The van der Waals surface area contributed by atoms with Crippen LogP contribution in [0.2, 0.25) is 0 Å². The minimum Gasteiger partial charge on any atom is -0.324 e. The lowest BCUT2D eigenvalue weighted by molar-refractivity contribution is -0.929. The maximum absolute atomic E-state index is 11.2. The maximum Gasteiger partial charge on any atom is 0.198 e. The van der Waals surface area contributed by atoms with Gasteiger partial charge in [0.25, 0.3) is 0 Å². The molecule has 0 heterocycles. The molecule has 0 aromatic heterocycles. The minimum absolute atomic E-state index is 0.752. The van der Waals surface area contributed by atoms with Gasteiger partial charge in [0, 0.05) is 12.0 Å². The summed E-state index contributed by atoms with van der Waals surface area (Å²) < 4.78 is 23.7. The van der Waals surface area contributed by atoms with Crippen LogP contribution >= 0.6 is 10.8 Å². The van der Waals surface area contributed by atoms with Crippen LogP contribution in [0, 0.1) is 0 Å². The van der Waals surface area contributed by atoms with Crippen LogP contribution in [0.1, 0.15) is 104 Å². The van der Waals surface area contributed by atoms with Crippen LogP contribution in [0.3, 0.4) is 0 Å². The van der Waals surface area contributed by atoms with Gasteiger partial charge in [-0.05, 0) is 68.6 Å². The Balaban J connectivity index is 4.47. The Morgan fingerprint density at radius 2 is 0.963 bits per heavy atom. The van der Waals surface area contributed by atoms with E-state index in [1.54, 1.807) is 0 Å². The minimum atomic E-state index is -2.87. The van der Waals surface area contributed by atoms with Gasteiger partial charge in [0.1, 0.15) is 0 Å².